The van der Waals surface area contributed by atoms with Crippen molar-refractivity contribution in [1.82, 2.24) is 0 Å². The summed E-state index contributed by atoms with van der Waals surface area (Å²) in [6.07, 6.45) is 0. The molecule has 0 spiro atoms. The zero-order valence-corrected chi connectivity index (χ0v) is 9.07. The Balaban J connectivity index is 5.03. The summed E-state index contributed by atoms with van der Waals surface area (Å²) in [7, 11) is 0. The van der Waals surface area contributed by atoms with E-state index < -0.39 is 50.3 Å². The van der Waals surface area contributed by atoms with Gasteiger partial charge in [0.25, 0.3) is 0 Å². The molecule has 10 heteroatoms. The van der Waals surface area contributed by atoms with Gasteiger partial charge in [0.05, 0.1) is 0 Å². The monoisotopic (exact) mass is 286 g/mol. The number of allylic oxidation sites excluding steroid dienone is 1. The van der Waals surface area contributed by atoms with Crippen molar-refractivity contribution in [3.05, 3.63) is 9.81 Å². The van der Waals surface area contributed by atoms with Gasteiger partial charge in [-0.2, -0.15) is 26.3 Å². The normalized spacial score (nSPS) is 14.7. The third-order valence-corrected chi connectivity index (χ3v) is 2.79. The van der Waals surface area contributed by atoms with Crippen molar-refractivity contribution in [1.29, 1.82) is 0 Å². The van der Waals surface area contributed by atoms with Crippen molar-refractivity contribution >= 4 is 29.5 Å². The number of rotatable bonds is 3. The molecule has 1 N–H and O–H groups in total. The molecule has 0 saturated heterocycles. The highest BCUT2D eigenvalue weighted by atomic mass is 32.2. The molecule has 0 bridgehead atoms. The van der Waals surface area contributed by atoms with Gasteiger partial charge in [-0.05, 0) is 30.4 Å². The largest absolute Gasteiger partial charge is 0.477 e. The van der Waals surface area contributed by atoms with Crippen LogP contribution in [0.2, 0.25) is 0 Å². The van der Waals surface area contributed by atoms with Crippen LogP contribution in [0.3, 0.4) is 0 Å². The van der Waals surface area contributed by atoms with E-state index in [0.717, 1.165) is 0 Å². The summed E-state index contributed by atoms with van der Waals surface area (Å²) < 4.78 is 70.9. The molecule has 0 aliphatic rings. The Bertz CT molecular complexity index is 305. The Labute approximate surface area is 94.1 Å². The molecule has 94 valence electrons. The molecule has 0 unspecified atom stereocenters. The molecular formula is C6H4F6O2S2. The first kappa shape index (κ1) is 15.5. The van der Waals surface area contributed by atoms with Crippen LogP contribution in [0.15, 0.2) is 9.81 Å². The number of thioether (sulfide) groups is 2. The van der Waals surface area contributed by atoms with Crippen LogP contribution in [0, 0.1) is 0 Å². The van der Waals surface area contributed by atoms with Gasteiger partial charge < -0.3 is 5.11 Å². The standard InChI is InChI=1S/C6H4F6O2S2/c1-2(15-5(7,8)9)3(4(13)14)16-6(10,11)12/h1H3,(H,13,14)/b3-2+. The molecule has 0 amide bonds. The summed E-state index contributed by atoms with van der Waals surface area (Å²) in [5.74, 6) is -2.04. The van der Waals surface area contributed by atoms with E-state index in [9.17, 15) is 31.1 Å². The lowest BCUT2D eigenvalue weighted by Gasteiger charge is -2.11. The van der Waals surface area contributed by atoms with Crippen LogP contribution in [-0.4, -0.2) is 22.1 Å². The molecule has 0 aromatic rings. The summed E-state index contributed by atoms with van der Waals surface area (Å²) in [5, 5.41) is 8.34. The van der Waals surface area contributed by atoms with Gasteiger partial charge in [-0.15, -0.1) is 0 Å². The summed E-state index contributed by atoms with van der Waals surface area (Å²) in [5.41, 5.74) is -9.77. The topological polar surface area (TPSA) is 37.3 Å². The van der Waals surface area contributed by atoms with Crippen molar-refractivity contribution < 1.29 is 36.2 Å². The van der Waals surface area contributed by atoms with E-state index in [2.05, 4.69) is 0 Å². The second-order valence-corrected chi connectivity index (χ2v) is 4.64. The fourth-order valence-electron chi connectivity index (χ4n) is 0.602. The molecule has 0 heterocycles. The van der Waals surface area contributed by atoms with Crippen molar-refractivity contribution in [2.24, 2.45) is 0 Å². The van der Waals surface area contributed by atoms with Crippen LogP contribution in [-0.2, 0) is 4.79 Å². The molecule has 0 radical (unpaired) electrons. The predicted octanol–water partition coefficient (Wildman–Crippen LogP) is 3.81. The lowest BCUT2D eigenvalue weighted by molar-refractivity contribution is -0.132. The number of halogens is 6. The number of hydrogen-bond acceptors (Lipinski definition) is 3. The summed E-state index contributed by atoms with van der Waals surface area (Å²) in [6, 6.07) is 0. The molecule has 0 saturated carbocycles. The highest BCUT2D eigenvalue weighted by Crippen LogP contribution is 2.44. The highest BCUT2D eigenvalue weighted by Gasteiger charge is 2.37. The second-order valence-electron chi connectivity index (χ2n) is 2.29. The third-order valence-electron chi connectivity index (χ3n) is 1.00. The molecule has 0 rings (SSSR count). The van der Waals surface area contributed by atoms with Crippen molar-refractivity contribution in [3.8, 4) is 0 Å². The van der Waals surface area contributed by atoms with Crippen molar-refractivity contribution in [2.45, 2.75) is 17.9 Å². The zero-order chi connectivity index (χ0) is 13.1. The number of carbonyl (C=O) groups is 1. The summed E-state index contributed by atoms with van der Waals surface area (Å²) in [6.45, 7) is 0.667. The number of carboxylic acids is 1. The van der Waals surface area contributed by atoms with E-state index >= 15 is 0 Å². The number of hydrogen-bond donors (Lipinski definition) is 1. The Hall–Kier alpha value is -0.510. The first-order chi connectivity index (χ1) is 6.92. The maximum Gasteiger partial charge on any atom is 0.446 e. The maximum atomic E-state index is 11.8. The van der Waals surface area contributed by atoms with Gasteiger partial charge in [0.2, 0.25) is 0 Å². The Morgan fingerprint density at radius 3 is 1.62 bits per heavy atom. The van der Waals surface area contributed by atoms with Crippen molar-refractivity contribution in [3.63, 3.8) is 0 Å². The second kappa shape index (κ2) is 5.21. The number of aliphatic carboxylic acids is 1. The number of carboxylic acid groups (broad SMARTS) is 1. The molecule has 0 aromatic heterocycles. The lowest BCUT2D eigenvalue weighted by atomic mass is 10.5. The highest BCUT2D eigenvalue weighted by molar-refractivity contribution is 8.08. The Morgan fingerprint density at radius 2 is 1.38 bits per heavy atom. The minimum absolute atomic E-state index is 0.667. The molecule has 16 heavy (non-hydrogen) atoms. The first-order valence-corrected chi connectivity index (χ1v) is 5.01. The van der Waals surface area contributed by atoms with Gasteiger partial charge in [-0.25, -0.2) is 4.79 Å². The molecule has 0 aliphatic carbocycles. The van der Waals surface area contributed by atoms with E-state index in [1.807, 2.05) is 0 Å². The molecular weight excluding hydrogens is 282 g/mol. The molecule has 2 nitrogen and oxygen atoms in total. The number of alkyl halides is 6. The minimum atomic E-state index is -4.94. The van der Waals surface area contributed by atoms with E-state index in [4.69, 9.17) is 5.11 Å². The van der Waals surface area contributed by atoms with Crippen LogP contribution in [0.5, 0.6) is 0 Å². The average molecular weight is 286 g/mol. The Morgan fingerprint density at radius 1 is 1.00 bits per heavy atom. The van der Waals surface area contributed by atoms with Crippen LogP contribution >= 0.6 is 23.5 Å². The molecule has 0 aliphatic heterocycles. The van der Waals surface area contributed by atoms with Gasteiger partial charge in [-0.1, -0.05) is 0 Å². The van der Waals surface area contributed by atoms with Crippen LogP contribution in [0.4, 0.5) is 26.3 Å². The SMILES string of the molecule is C/C(SC(F)(F)F)=C(\SC(F)(F)F)C(=O)O. The van der Waals surface area contributed by atoms with Gasteiger partial charge in [0.1, 0.15) is 4.91 Å². The quantitative estimate of drug-likeness (QED) is 0.632. The fraction of sp³-hybridized carbons (Fsp3) is 0.500. The first-order valence-electron chi connectivity index (χ1n) is 3.38. The lowest BCUT2D eigenvalue weighted by Crippen LogP contribution is -2.09. The third kappa shape index (κ3) is 6.88. The van der Waals surface area contributed by atoms with Crippen molar-refractivity contribution in [2.75, 3.05) is 0 Å². The smallest absolute Gasteiger partial charge is 0.446 e. The van der Waals surface area contributed by atoms with Gasteiger partial charge in [-0.3, -0.25) is 0 Å². The Kier molecular flexibility index (Phi) is 5.05. The van der Waals surface area contributed by atoms with Gasteiger partial charge in [0, 0.05) is 4.91 Å². The fourth-order valence-corrected chi connectivity index (χ4v) is 1.84. The maximum absolute atomic E-state index is 11.8. The molecule has 0 aromatic carbocycles. The van der Waals surface area contributed by atoms with Crippen LogP contribution in [0.1, 0.15) is 6.92 Å². The van der Waals surface area contributed by atoms with Crippen LogP contribution < -0.4 is 0 Å². The van der Waals surface area contributed by atoms with E-state index in [1.165, 1.54) is 0 Å². The van der Waals surface area contributed by atoms with Gasteiger partial charge >= 0.3 is 17.0 Å². The van der Waals surface area contributed by atoms with Crippen LogP contribution in [0.25, 0.3) is 0 Å². The molecule has 0 atom stereocenters. The predicted molar refractivity (Wildman–Crippen MR) is 47.6 cm³/mol. The summed E-state index contributed by atoms with van der Waals surface area (Å²) in [4.78, 5) is 8.01. The average Bonchev–Trinajstić information content (AvgIpc) is 1.94. The molecule has 0 fully saturated rings. The van der Waals surface area contributed by atoms with E-state index in [1.54, 1.807) is 0 Å². The van der Waals surface area contributed by atoms with Gasteiger partial charge in [0.15, 0.2) is 0 Å². The zero-order valence-electron chi connectivity index (χ0n) is 7.44. The van der Waals surface area contributed by atoms with E-state index in [-0.39, 0.29) is 0 Å². The summed E-state index contributed by atoms with van der Waals surface area (Å²) >= 11 is -1.97. The minimum Gasteiger partial charge on any atom is -0.477 e. The van der Waals surface area contributed by atoms with E-state index in [0.29, 0.717) is 6.92 Å².